The molecule has 0 unspecified atom stereocenters. The largest absolute Gasteiger partial charge is 0.317 e. The van der Waals surface area contributed by atoms with Crippen LogP contribution in [0.2, 0.25) is 0 Å². The predicted molar refractivity (Wildman–Crippen MR) is 321 cm³/mol. The second-order valence-electron chi connectivity index (χ2n) is 19.7. The predicted octanol–water partition coefficient (Wildman–Crippen LogP) is 19.2. The van der Waals surface area contributed by atoms with Gasteiger partial charge in [0.05, 0.1) is 79.0 Å². The van der Waals surface area contributed by atoms with Crippen LogP contribution in [0.25, 0.3) is 155 Å². The van der Waals surface area contributed by atoms with Crippen molar-refractivity contribution in [2.45, 2.75) is 0 Å². The molecule has 0 aliphatic carbocycles. The second-order valence-corrected chi connectivity index (χ2v) is 21.9. The molecule has 0 fully saturated rings. The Morgan fingerprint density at radius 2 is 0.618 bits per heavy atom. The van der Waals surface area contributed by atoms with Gasteiger partial charge in [0.2, 0.25) is 5.69 Å². The maximum atomic E-state index is 12.6. The molecule has 6 nitrogen and oxygen atoms in total. The van der Waals surface area contributed by atoms with Crippen molar-refractivity contribution in [3.63, 3.8) is 0 Å². The van der Waals surface area contributed by atoms with Crippen LogP contribution in [0.15, 0.2) is 218 Å². The number of thiophene rings is 2. The van der Waals surface area contributed by atoms with Crippen LogP contribution in [0.1, 0.15) is 5.56 Å². The van der Waals surface area contributed by atoms with E-state index in [0.717, 1.165) is 104 Å². The van der Waals surface area contributed by atoms with E-state index in [1.807, 2.05) is 11.3 Å². The molecule has 0 spiro atoms. The summed E-state index contributed by atoms with van der Waals surface area (Å²) in [6.45, 7) is 9.86. The molecule has 0 aliphatic rings. The van der Waals surface area contributed by atoms with Crippen molar-refractivity contribution >= 4 is 156 Å². The van der Waals surface area contributed by atoms with Crippen LogP contribution < -0.4 is 0 Å². The lowest BCUT2D eigenvalue weighted by Gasteiger charge is -2.27. The van der Waals surface area contributed by atoms with E-state index < -0.39 is 0 Å². The number of nitrogens with zero attached hydrogens (tertiary/aromatic N) is 6. The SMILES string of the molecule is [C-]#[N+]c1c(-n2c3ccccc3c3cc4sc5ccccc5c4cc32)c(C#N)c(-n2c3ccccc3c3ccccc32)c(-n2c3ccccc3c3cc4sc5ccccc5c4cc32)c1-n1c2ccccc2c2ccccc21. The molecular weight excluding hydrogens is 965 g/mol. The number of rotatable bonds is 4. The molecule has 6 aromatic heterocycles. The van der Waals surface area contributed by atoms with Gasteiger partial charge in [-0.15, -0.1) is 22.7 Å². The molecule has 0 atom stereocenters. The first-order valence-electron chi connectivity index (χ1n) is 25.3. The molecule has 17 rings (SSSR count). The molecular formula is C68H36N6S2. The maximum absolute atomic E-state index is 12.6. The van der Waals surface area contributed by atoms with Gasteiger partial charge >= 0.3 is 0 Å². The number of benzene rings is 11. The van der Waals surface area contributed by atoms with Crippen LogP contribution in [0.3, 0.4) is 0 Å². The van der Waals surface area contributed by atoms with Crippen molar-refractivity contribution in [3.05, 3.63) is 235 Å². The lowest BCUT2D eigenvalue weighted by molar-refractivity contribution is 1.03. The highest BCUT2D eigenvalue weighted by Crippen LogP contribution is 2.53. The summed E-state index contributed by atoms with van der Waals surface area (Å²) in [5.74, 6) is 0. The maximum Gasteiger partial charge on any atom is 0.237 e. The standard InChI is InChI=1S/C68H36N6S2/c1-70-64-65(73-56-30-14-6-22-43(56)47-36-62-49(34-58(47)73)45-24-8-16-32-60(45)75-62)51(38-69)66(71-52-26-10-2-18-39(52)40-19-3-11-27-53(40)71)68(67(64)72-54-28-12-4-20-41(54)42-21-5-13-29-55(42)72)74-57-31-15-7-23-44(57)48-37-63-50(35-59(48)74)46-25-9-17-33-61(46)76-63/h2-37H. The van der Waals surface area contributed by atoms with E-state index in [-0.39, 0.29) is 0 Å². The van der Waals surface area contributed by atoms with Gasteiger partial charge in [0, 0.05) is 83.4 Å². The van der Waals surface area contributed by atoms with E-state index >= 15 is 0 Å². The third-order valence-corrected chi connectivity index (χ3v) is 18.3. The smallest absolute Gasteiger partial charge is 0.237 e. The van der Waals surface area contributed by atoms with E-state index in [2.05, 4.69) is 243 Å². The van der Waals surface area contributed by atoms with Gasteiger partial charge in [-0.2, -0.15) is 5.26 Å². The van der Waals surface area contributed by atoms with Crippen molar-refractivity contribution in [1.29, 1.82) is 5.26 Å². The Hall–Kier alpha value is -9.96. The summed E-state index contributed by atoms with van der Waals surface area (Å²) in [5, 5.41) is 25.9. The number of aromatic nitrogens is 4. The average molecular weight is 1000 g/mol. The van der Waals surface area contributed by atoms with Gasteiger partial charge in [-0.3, -0.25) is 0 Å². The summed E-state index contributed by atoms with van der Waals surface area (Å²) in [5.41, 5.74) is 11.0. The molecule has 76 heavy (non-hydrogen) atoms. The monoisotopic (exact) mass is 1000 g/mol. The van der Waals surface area contributed by atoms with Crippen molar-refractivity contribution in [3.8, 4) is 28.8 Å². The molecule has 0 aliphatic heterocycles. The van der Waals surface area contributed by atoms with Gasteiger partial charge in [-0.05, 0) is 72.8 Å². The van der Waals surface area contributed by atoms with Crippen LogP contribution in [0.5, 0.6) is 0 Å². The zero-order valence-electron chi connectivity index (χ0n) is 40.3. The second kappa shape index (κ2) is 15.3. The lowest BCUT2D eigenvalue weighted by atomic mass is 10.0. The zero-order valence-corrected chi connectivity index (χ0v) is 41.9. The fourth-order valence-corrected chi connectivity index (χ4v) is 15.2. The molecule has 350 valence electrons. The quantitative estimate of drug-likeness (QED) is 0.162. The van der Waals surface area contributed by atoms with Crippen LogP contribution in [-0.2, 0) is 0 Å². The Morgan fingerprint density at radius 3 is 1.00 bits per heavy atom. The van der Waals surface area contributed by atoms with Crippen LogP contribution in [-0.4, -0.2) is 18.3 Å². The van der Waals surface area contributed by atoms with Crippen molar-refractivity contribution < 1.29 is 0 Å². The Morgan fingerprint density at radius 1 is 0.303 bits per heavy atom. The number of fused-ring (bicyclic) bond motifs is 18. The molecule has 8 heteroatoms. The topological polar surface area (TPSA) is 47.9 Å². The van der Waals surface area contributed by atoms with Gasteiger partial charge in [-0.25, -0.2) is 4.85 Å². The normalized spacial score (nSPS) is 12.2. The minimum absolute atomic E-state index is 0.369. The molecule has 0 amide bonds. The van der Waals surface area contributed by atoms with Crippen molar-refractivity contribution in [1.82, 2.24) is 18.3 Å². The number of hydrogen-bond acceptors (Lipinski definition) is 3. The molecule has 0 radical (unpaired) electrons. The third kappa shape index (κ3) is 5.35. The summed E-state index contributed by atoms with van der Waals surface area (Å²) in [6, 6.07) is 80.9. The van der Waals surface area contributed by atoms with E-state index in [9.17, 15) is 11.8 Å². The van der Waals surface area contributed by atoms with Crippen LogP contribution >= 0.6 is 22.7 Å². The highest BCUT2D eigenvalue weighted by Gasteiger charge is 2.35. The summed E-state index contributed by atoms with van der Waals surface area (Å²) in [4.78, 5) is 4.82. The summed E-state index contributed by atoms with van der Waals surface area (Å²) < 4.78 is 14.1. The third-order valence-electron chi connectivity index (χ3n) is 16.0. The molecule has 0 bridgehead atoms. The van der Waals surface area contributed by atoms with Gasteiger partial charge in [0.25, 0.3) is 0 Å². The first-order chi connectivity index (χ1) is 37.7. The molecule has 17 aromatic rings. The van der Waals surface area contributed by atoms with Crippen molar-refractivity contribution in [2.24, 2.45) is 0 Å². The van der Waals surface area contributed by atoms with E-state index in [0.29, 0.717) is 28.3 Å². The first kappa shape index (κ1) is 41.5. The van der Waals surface area contributed by atoms with Crippen LogP contribution in [0, 0.1) is 17.9 Å². The minimum atomic E-state index is 0.369. The van der Waals surface area contributed by atoms with E-state index in [1.165, 1.54) is 29.6 Å². The molecule has 11 aromatic carbocycles. The Kier molecular flexibility index (Phi) is 8.36. The fourth-order valence-electron chi connectivity index (χ4n) is 12.9. The number of nitriles is 1. The highest BCUT2D eigenvalue weighted by atomic mass is 32.1. The number of para-hydroxylation sites is 6. The Bertz CT molecular complexity index is 5260. The molecule has 0 saturated carbocycles. The number of hydrogen-bond donors (Lipinski definition) is 0. The summed E-state index contributed by atoms with van der Waals surface area (Å²) >= 11 is 3.61. The fraction of sp³-hybridized carbons (Fsp3) is 0. The van der Waals surface area contributed by atoms with Gasteiger partial charge in [0.15, 0.2) is 0 Å². The Labute approximate surface area is 441 Å². The van der Waals surface area contributed by atoms with E-state index in [4.69, 9.17) is 4.85 Å². The molecule has 0 saturated heterocycles. The van der Waals surface area contributed by atoms with Gasteiger partial charge < -0.3 is 18.3 Å². The van der Waals surface area contributed by atoms with Crippen LogP contribution in [0.4, 0.5) is 5.69 Å². The molecule has 0 N–H and O–H groups in total. The first-order valence-corrected chi connectivity index (χ1v) is 27.0. The van der Waals surface area contributed by atoms with E-state index in [1.54, 1.807) is 11.3 Å². The highest BCUT2D eigenvalue weighted by molar-refractivity contribution is 7.26. The Balaban J connectivity index is 1.19. The summed E-state index contributed by atoms with van der Waals surface area (Å²) in [6.07, 6.45) is 0. The van der Waals surface area contributed by atoms with Crippen molar-refractivity contribution in [2.75, 3.05) is 0 Å². The lowest BCUT2D eigenvalue weighted by Crippen LogP contribution is -2.14. The zero-order chi connectivity index (χ0) is 49.9. The van der Waals surface area contributed by atoms with Gasteiger partial charge in [0.1, 0.15) is 6.07 Å². The average Bonchev–Trinajstić information content (AvgIpc) is 4.46. The molecule has 6 heterocycles. The summed E-state index contributed by atoms with van der Waals surface area (Å²) in [7, 11) is 0. The minimum Gasteiger partial charge on any atom is -0.317 e. The van der Waals surface area contributed by atoms with Gasteiger partial charge in [-0.1, -0.05) is 146 Å².